The van der Waals surface area contributed by atoms with Crippen molar-refractivity contribution in [2.24, 2.45) is 0 Å². The van der Waals surface area contributed by atoms with Gasteiger partial charge in [-0.15, -0.1) is 0 Å². The van der Waals surface area contributed by atoms with Gasteiger partial charge in [0.25, 0.3) is 5.91 Å². The smallest absolute Gasteiger partial charge is 0.322 e. The molecule has 0 atom stereocenters. The minimum absolute atomic E-state index is 0.0627. The van der Waals surface area contributed by atoms with E-state index >= 15 is 0 Å². The summed E-state index contributed by atoms with van der Waals surface area (Å²) in [5.74, 6) is -0.147. The Labute approximate surface area is 176 Å². The van der Waals surface area contributed by atoms with Gasteiger partial charge in [-0.25, -0.2) is 0 Å². The van der Waals surface area contributed by atoms with Crippen LogP contribution in [-0.2, 0) is 15.4 Å². The second-order valence-corrected chi connectivity index (χ2v) is 13.2. The Kier molecular flexibility index (Phi) is 5.43. The van der Waals surface area contributed by atoms with Crippen LogP contribution in [0.1, 0.15) is 22.3 Å². The van der Waals surface area contributed by atoms with Crippen LogP contribution in [0.5, 0.6) is 0 Å². The molecule has 10 heteroatoms. The van der Waals surface area contributed by atoms with Crippen molar-refractivity contribution < 1.29 is 22.2 Å². The van der Waals surface area contributed by atoms with Gasteiger partial charge in [0.15, 0.2) is 0 Å². The second kappa shape index (κ2) is 7.18. The number of nitrogens with one attached hydrogen (secondary N) is 1. The summed E-state index contributed by atoms with van der Waals surface area (Å²) in [7, 11) is -3.04. The molecule has 0 saturated carbocycles. The third-order valence-corrected chi connectivity index (χ3v) is 8.51. The fourth-order valence-electron chi connectivity index (χ4n) is 3.34. The van der Waals surface area contributed by atoms with E-state index in [0.29, 0.717) is 18.0 Å². The molecule has 1 aliphatic rings. The first-order chi connectivity index (χ1) is 13.2. The molecule has 1 fully saturated rings. The number of rotatable bonds is 3. The molecule has 0 bridgehead atoms. The van der Waals surface area contributed by atoms with Gasteiger partial charge in [-0.2, -0.15) is 13.2 Å². The van der Waals surface area contributed by atoms with Crippen molar-refractivity contribution in [2.75, 3.05) is 34.4 Å². The predicted molar refractivity (Wildman–Crippen MR) is 113 cm³/mol. The number of benzene rings is 2. The molecule has 3 rings (SSSR count). The Morgan fingerprint density at radius 2 is 1.83 bits per heavy atom. The van der Waals surface area contributed by atoms with Crippen LogP contribution in [0.3, 0.4) is 0 Å². The number of halogens is 5. The lowest BCUT2D eigenvalue weighted by molar-refractivity contribution is -0.137. The van der Waals surface area contributed by atoms with Gasteiger partial charge in [0.1, 0.15) is 0 Å². The third-order valence-electron chi connectivity index (χ3n) is 4.74. The maximum atomic E-state index is 13.2. The van der Waals surface area contributed by atoms with E-state index in [2.05, 4.69) is 5.32 Å². The zero-order valence-electron chi connectivity index (χ0n) is 15.6. The van der Waals surface area contributed by atoms with E-state index in [1.54, 1.807) is 22.9 Å². The van der Waals surface area contributed by atoms with E-state index in [4.69, 9.17) is 23.2 Å². The summed E-state index contributed by atoms with van der Waals surface area (Å²) in [5, 5.41) is 2.37. The molecule has 4 nitrogen and oxygen atoms in total. The lowest BCUT2D eigenvalue weighted by Crippen LogP contribution is -2.45. The molecule has 29 heavy (non-hydrogen) atoms. The largest absolute Gasteiger partial charge is 0.416 e. The highest BCUT2D eigenvalue weighted by Gasteiger charge is 2.38. The van der Waals surface area contributed by atoms with Crippen molar-refractivity contribution in [2.45, 2.75) is 12.6 Å². The first-order valence-corrected chi connectivity index (χ1v) is 12.3. The number of carbonyl (C=O) groups is 1. The van der Waals surface area contributed by atoms with Gasteiger partial charge in [0.05, 0.1) is 16.1 Å². The molecule has 1 N–H and O–H groups in total. The van der Waals surface area contributed by atoms with Gasteiger partial charge in [-0.1, -0.05) is 23.2 Å². The molecule has 158 valence electrons. The molecule has 0 radical (unpaired) electrons. The topological polar surface area (TPSA) is 49.4 Å². The predicted octanol–water partition coefficient (Wildman–Crippen LogP) is 5.47. The fourth-order valence-corrected chi connectivity index (χ4v) is 6.42. The van der Waals surface area contributed by atoms with Crippen molar-refractivity contribution in [1.29, 1.82) is 0 Å². The third kappa shape index (κ3) is 4.70. The lowest BCUT2D eigenvalue weighted by Gasteiger charge is -2.41. The summed E-state index contributed by atoms with van der Waals surface area (Å²) < 4.78 is 53.9. The summed E-state index contributed by atoms with van der Waals surface area (Å²) in [6.07, 6.45) is -0.451. The minimum atomic E-state index is -4.60. The number of carbonyl (C=O) groups excluding carboxylic acids is 1. The van der Waals surface area contributed by atoms with E-state index < -0.39 is 26.9 Å². The number of amides is 1. The van der Waals surface area contributed by atoms with E-state index in [1.165, 1.54) is 18.2 Å². The van der Waals surface area contributed by atoms with E-state index in [9.17, 15) is 22.2 Å². The van der Waals surface area contributed by atoms with Crippen LogP contribution in [-0.4, -0.2) is 34.9 Å². The van der Waals surface area contributed by atoms with E-state index in [-0.39, 0.29) is 21.3 Å². The summed E-state index contributed by atoms with van der Waals surface area (Å²) in [5.41, 5.74) is -0.448. The molecular weight excluding hydrogens is 448 g/mol. The Bertz CT molecular complexity index is 1050. The number of anilines is 2. The van der Waals surface area contributed by atoms with Gasteiger partial charge in [0, 0.05) is 41.2 Å². The van der Waals surface area contributed by atoms with E-state index in [1.807, 2.05) is 0 Å². The Morgan fingerprint density at radius 1 is 1.14 bits per heavy atom. The summed E-state index contributed by atoms with van der Waals surface area (Å²) in [6.45, 7) is 0.574. The van der Waals surface area contributed by atoms with Crippen LogP contribution >= 0.6 is 23.2 Å². The minimum Gasteiger partial charge on any atom is -0.322 e. The van der Waals surface area contributed by atoms with Gasteiger partial charge in [-0.3, -0.25) is 9.00 Å². The zero-order chi connectivity index (χ0) is 21.6. The Hall–Kier alpha value is -1.77. The normalized spacial score (nSPS) is 19.4. The average molecular weight is 467 g/mol. The number of hydrogen-bond acceptors (Lipinski definition) is 2. The molecule has 0 aromatic heterocycles. The quantitative estimate of drug-likeness (QED) is 0.651. The van der Waals surface area contributed by atoms with Crippen LogP contribution in [0.15, 0.2) is 36.4 Å². The molecule has 2 aromatic rings. The van der Waals surface area contributed by atoms with Crippen molar-refractivity contribution >= 4 is 49.7 Å². The number of nitrogens with zero attached hydrogens (tertiary/aromatic N) is 1. The fraction of sp³-hybridized carbons (Fsp3) is 0.316. The average Bonchev–Trinajstić information content (AvgIpc) is 2.88. The molecular formula is C19H19Cl2F3N2O2S. The van der Waals surface area contributed by atoms with Gasteiger partial charge in [0.2, 0.25) is 0 Å². The van der Waals surface area contributed by atoms with Crippen molar-refractivity contribution in [3.8, 4) is 0 Å². The Morgan fingerprint density at radius 3 is 2.41 bits per heavy atom. The van der Waals surface area contributed by atoms with Crippen molar-refractivity contribution in [3.05, 3.63) is 57.6 Å². The lowest BCUT2D eigenvalue weighted by atomic mass is 10.1. The van der Waals surface area contributed by atoms with Crippen LogP contribution in [0.4, 0.5) is 24.5 Å². The first-order valence-electron chi connectivity index (χ1n) is 8.61. The van der Waals surface area contributed by atoms with Gasteiger partial charge in [-0.05, 0) is 52.1 Å². The summed E-state index contributed by atoms with van der Waals surface area (Å²) in [6, 6.07) is 7.46. The maximum absolute atomic E-state index is 13.2. The summed E-state index contributed by atoms with van der Waals surface area (Å²) in [4.78, 5) is 12.7. The number of alkyl halides is 3. The molecule has 2 aromatic carbocycles. The number of hydrogen-bond donors (Lipinski definition) is 1. The van der Waals surface area contributed by atoms with Gasteiger partial charge < -0.3 is 9.62 Å². The highest BCUT2D eigenvalue weighted by Crippen LogP contribution is 2.38. The molecule has 1 amide bonds. The molecule has 0 unspecified atom stereocenters. The molecule has 1 aliphatic heterocycles. The van der Waals surface area contributed by atoms with Crippen molar-refractivity contribution in [3.63, 3.8) is 0 Å². The van der Waals surface area contributed by atoms with E-state index in [0.717, 1.165) is 18.6 Å². The SMILES string of the molecule is CS1(C)(=O)CCCN1c1ccc(Cl)c(C(=O)Nc2cc(Cl)cc(C(F)(F)F)c2)c1. The maximum Gasteiger partial charge on any atom is 0.416 e. The highest BCUT2D eigenvalue weighted by atomic mass is 35.5. The second-order valence-electron chi connectivity index (χ2n) is 7.51. The first kappa shape index (κ1) is 21.9. The molecule has 0 aliphatic carbocycles. The van der Waals surface area contributed by atoms with Crippen LogP contribution < -0.4 is 9.62 Å². The van der Waals surface area contributed by atoms with Crippen molar-refractivity contribution in [1.82, 2.24) is 0 Å². The molecule has 1 saturated heterocycles. The van der Waals surface area contributed by atoms with Crippen LogP contribution in [0.25, 0.3) is 0 Å². The monoisotopic (exact) mass is 466 g/mol. The molecule has 0 spiro atoms. The molecule has 1 heterocycles. The Balaban J connectivity index is 1.93. The highest BCUT2D eigenvalue weighted by molar-refractivity contribution is 8.20. The van der Waals surface area contributed by atoms with Crippen LogP contribution in [0, 0.1) is 0 Å². The van der Waals surface area contributed by atoms with Gasteiger partial charge >= 0.3 is 6.18 Å². The van der Waals surface area contributed by atoms with Crippen LogP contribution in [0.2, 0.25) is 10.0 Å². The standard InChI is InChI=1S/C19H19Cl2F3N2O2S/c1-29(2,28)7-3-6-26(29)15-4-5-17(21)16(11-15)18(27)25-14-9-12(19(22,23)24)8-13(20)10-14/h4-5,8-11H,3,6-7H2,1-2H3,(H,25,27). The zero-order valence-corrected chi connectivity index (χ0v) is 18.0. The summed E-state index contributed by atoms with van der Waals surface area (Å²) >= 11 is 11.9.